The van der Waals surface area contributed by atoms with Crippen molar-refractivity contribution in [1.82, 2.24) is 0 Å². The molecule has 1 rings (SSSR count). The van der Waals surface area contributed by atoms with Crippen LogP contribution in [0.15, 0.2) is 54.3 Å². The molecule has 1 aromatic carbocycles. The van der Waals surface area contributed by atoms with Crippen LogP contribution in [-0.4, -0.2) is 11.9 Å². The van der Waals surface area contributed by atoms with Crippen LogP contribution in [0.4, 0.5) is 0 Å². The Kier molecular flexibility index (Phi) is 6.35. The first-order chi connectivity index (χ1) is 9.61. The van der Waals surface area contributed by atoms with E-state index in [1.165, 1.54) is 12.2 Å². The van der Waals surface area contributed by atoms with E-state index in [1.807, 2.05) is 0 Å². The zero-order valence-corrected chi connectivity index (χ0v) is 11.0. The summed E-state index contributed by atoms with van der Waals surface area (Å²) in [6, 6.07) is 8.50. The van der Waals surface area contributed by atoms with E-state index in [1.54, 1.807) is 43.3 Å². The maximum atomic E-state index is 11.5. The summed E-state index contributed by atoms with van der Waals surface area (Å²) in [5.41, 5.74) is 0. The molecule has 0 aromatic heterocycles. The van der Waals surface area contributed by atoms with Gasteiger partial charge in [0.1, 0.15) is 17.9 Å². The molecule has 0 bridgehead atoms. The summed E-state index contributed by atoms with van der Waals surface area (Å²) in [6.07, 6.45) is 9.11. The fraction of sp³-hybridized carbons (Fsp3) is 0.125. The van der Waals surface area contributed by atoms with Crippen LogP contribution in [0.5, 0.6) is 5.75 Å². The molecule has 4 heteroatoms. The van der Waals surface area contributed by atoms with Crippen molar-refractivity contribution < 1.29 is 19.1 Å². The van der Waals surface area contributed by atoms with Crippen LogP contribution >= 0.6 is 0 Å². The number of ether oxygens (including phenoxy) is 2. The number of terminal acetylenes is 1. The molecule has 0 unspecified atom stereocenters. The van der Waals surface area contributed by atoms with Crippen LogP contribution in [0.3, 0.4) is 0 Å². The van der Waals surface area contributed by atoms with E-state index in [0.29, 0.717) is 11.5 Å². The number of benzene rings is 1. The number of allylic oxidation sites excluding steroid dienone is 4. The molecule has 0 spiro atoms. The van der Waals surface area contributed by atoms with E-state index < -0.39 is 18.4 Å². The highest BCUT2D eigenvalue weighted by molar-refractivity contribution is 5.92. The Bertz CT molecular complexity index is 562. The number of carbonyl (C=O) groups is 2. The first kappa shape index (κ1) is 15.3. The van der Waals surface area contributed by atoms with Crippen molar-refractivity contribution in [3.8, 4) is 18.1 Å². The number of hydrogen-bond donors (Lipinski definition) is 0. The summed E-state index contributed by atoms with van der Waals surface area (Å²) in [5.74, 6) is 1.66. The molecule has 0 amide bonds. The minimum absolute atomic E-state index is 0.342. The Morgan fingerprint density at radius 2 is 1.95 bits per heavy atom. The van der Waals surface area contributed by atoms with Gasteiger partial charge in [-0.1, -0.05) is 30.2 Å². The molecule has 0 N–H and O–H groups in total. The molecule has 4 nitrogen and oxygen atoms in total. The molecule has 20 heavy (non-hydrogen) atoms. The van der Waals surface area contributed by atoms with Crippen molar-refractivity contribution in [3.63, 3.8) is 0 Å². The van der Waals surface area contributed by atoms with Gasteiger partial charge in [0.25, 0.3) is 0 Å². The lowest BCUT2D eigenvalue weighted by Crippen LogP contribution is -2.15. The molecule has 0 aliphatic rings. The van der Waals surface area contributed by atoms with E-state index in [2.05, 4.69) is 5.92 Å². The molecule has 0 saturated heterocycles. The second-order valence-corrected chi connectivity index (χ2v) is 3.74. The monoisotopic (exact) mass is 270 g/mol. The Labute approximate surface area is 117 Å². The predicted octanol–water partition coefficient (Wildman–Crippen LogP) is 2.62. The van der Waals surface area contributed by atoms with Gasteiger partial charge in [-0.25, -0.2) is 0 Å². The molecular formula is C16H14O4. The van der Waals surface area contributed by atoms with Gasteiger partial charge in [0.15, 0.2) is 0 Å². The lowest BCUT2D eigenvalue weighted by Gasteiger charge is -2.04. The van der Waals surface area contributed by atoms with Crippen LogP contribution < -0.4 is 4.74 Å². The second-order valence-electron chi connectivity index (χ2n) is 3.74. The summed E-state index contributed by atoms with van der Waals surface area (Å²) in [4.78, 5) is 22.9. The highest BCUT2D eigenvalue weighted by atomic mass is 16.6. The first-order valence-electron chi connectivity index (χ1n) is 5.88. The van der Waals surface area contributed by atoms with Crippen molar-refractivity contribution in [2.75, 3.05) is 0 Å². The van der Waals surface area contributed by atoms with Crippen LogP contribution in [0, 0.1) is 12.3 Å². The van der Waals surface area contributed by atoms with Gasteiger partial charge in [0, 0.05) is 0 Å². The van der Waals surface area contributed by atoms with Crippen molar-refractivity contribution in [1.29, 1.82) is 0 Å². The van der Waals surface area contributed by atoms with Gasteiger partial charge in [-0.3, -0.25) is 9.59 Å². The van der Waals surface area contributed by atoms with E-state index >= 15 is 0 Å². The topological polar surface area (TPSA) is 52.6 Å². The normalized spacial score (nSPS) is 10.9. The molecule has 0 radical (unpaired) electrons. The first-order valence-corrected chi connectivity index (χ1v) is 5.88. The molecule has 0 atom stereocenters. The minimum atomic E-state index is -0.686. The van der Waals surface area contributed by atoms with Crippen LogP contribution in [-0.2, 0) is 14.3 Å². The fourth-order valence-electron chi connectivity index (χ4n) is 1.26. The van der Waals surface area contributed by atoms with E-state index in [0.717, 1.165) is 0 Å². The third kappa shape index (κ3) is 6.22. The van der Waals surface area contributed by atoms with Gasteiger partial charge < -0.3 is 9.47 Å². The van der Waals surface area contributed by atoms with E-state index in [9.17, 15) is 9.59 Å². The lowest BCUT2D eigenvalue weighted by molar-refractivity contribution is -0.147. The number of rotatable bonds is 5. The standard InChI is InChI=1S/C16H14O4/c1-3-4-6-9-13(2)19-15(17)12-16(18)20-14-10-7-5-8-11-14/h1,4-11H,12H2,2H3/b6-4-,13-9+. The zero-order valence-electron chi connectivity index (χ0n) is 11.0. The molecule has 1 aromatic rings. The van der Waals surface area contributed by atoms with Crippen LogP contribution in [0.2, 0.25) is 0 Å². The maximum Gasteiger partial charge on any atom is 0.322 e. The number of esters is 2. The highest BCUT2D eigenvalue weighted by Crippen LogP contribution is 2.09. The Balaban J connectivity index is 2.43. The van der Waals surface area contributed by atoms with Crippen molar-refractivity contribution >= 4 is 11.9 Å². The zero-order chi connectivity index (χ0) is 14.8. The highest BCUT2D eigenvalue weighted by Gasteiger charge is 2.13. The largest absolute Gasteiger partial charge is 0.431 e. The molecule has 0 aliphatic heterocycles. The number of hydrogen-bond acceptors (Lipinski definition) is 4. The van der Waals surface area contributed by atoms with Crippen molar-refractivity contribution in [2.45, 2.75) is 13.3 Å². The van der Waals surface area contributed by atoms with Gasteiger partial charge in [0.2, 0.25) is 0 Å². The Morgan fingerprint density at radius 1 is 1.25 bits per heavy atom. The molecule has 0 aliphatic carbocycles. The van der Waals surface area contributed by atoms with E-state index in [-0.39, 0.29) is 0 Å². The SMILES string of the molecule is C#C/C=C\C=C(/C)OC(=O)CC(=O)Oc1ccccc1. The predicted molar refractivity (Wildman–Crippen MR) is 74.5 cm³/mol. The average Bonchev–Trinajstić information content (AvgIpc) is 2.39. The molecule has 0 fully saturated rings. The summed E-state index contributed by atoms with van der Waals surface area (Å²) in [6.45, 7) is 1.58. The van der Waals surface area contributed by atoms with Gasteiger partial charge in [0.05, 0.1) is 0 Å². The van der Waals surface area contributed by atoms with E-state index in [4.69, 9.17) is 15.9 Å². The summed E-state index contributed by atoms with van der Waals surface area (Å²) < 4.78 is 9.87. The minimum Gasteiger partial charge on any atom is -0.431 e. The molecule has 102 valence electrons. The van der Waals surface area contributed by atoms with Crippen molar-refractivity contribution in [3.05, 3.63) is 54.3 Å². The quantitative estimate of drug-likeness (QED) is 0.206. The Hall–Kier alpha value is -2.80. The summed E-state index contributed by atoms with van der Waals surface area (Å²) in [5, 5.41) is 0. The Morgan fingerprint density at radius 3 is 2.60 bits per heavy atom. The number of para-hydroxylation sites is 1. The van der Waals surface area contributed by atoms with Crippen LogP contribution in [0.25, 0.3) is 0 Å². The van der Waals surface area contributed by atoms with Crippen LogP contribution in [0.1, 0.15) is 13.3 Å². The lowest BCUT2D eigenvalue weighted by atomic mass is 10.3. The smallest absolute Gasteiger partial charge is 0.322 e. The van der Waals surface area contributed by atoms with Gasteiger partial charge >= 0.3 is 11.9 Å². The average molecular weight is 270 g/mol. The number of carbonyl (C=O) groups excluding carboxylic acids is 2. The third-order valence-corrected chi connectivity index (χ3v) is 2.06. The van der Waals surface area contributed by atoms with Gasteiger partial charge in [-0.05, 0) is 31.2 Å². The summed E-state index contributed by atoms with van der Waals surface area (Å²) >= 11 is 0. The fourth-order valence-corrected chi connectivity index (χ4v) is 1.26. The molecule has 0 heterocycles. The third-order valence-electron chi connectivity index (χ3n) is 2.06. The molecular weight excluding hydrogens is 256 g/mol. The summed E-state index contributed by atoms with van der Waals surface area (Å²) in [7, 11) is 0. The van der Waals surface area contributed by atoms with Gasteiger partial charge in [-0.2, -0.15) is 0 Å². The van der Waals surface area contributed by atoms with Crippen molar-refractivity contribution in [2.24, 2.45) is 0 Å². The maximum absolute atomic E-state index is 11.5. The second kappa shape index (κ2) is 8.33. The van der Waals surface area contributed by atoms with Gasteiger partial charge in [-0.15, -0.1) is 6.42 Å². The molecule has 0 saturated carbocycles.